The molecule has 0 radical (unpaired) electrons. The Morgan fingerprint density at radius 3 is 2.68 bits per heavy atom. The van der Waals surface area contributed by atoms with Crippen LogP contribution in [0.5, 0.6) is 0 Å². The number of carbonyl (C=O) groups is 1. The van der Waals surface area contributed by atoms with E-state index in [9.17, 15) is 23.2 Å². The third-order valence-corrected chi connectivity index (χ3v) is 5.55. The summed E-state index contributed by atoms with van der Waals surface area (Å²) >= 11 is 6.08. The molecule has 0 bridgehead atoms. The monoisotopic (exact) mass is 531 g/mol. The molecule has 0 aliphatic carbocycles. The molecule has 0 aliphatic heterocycles. The number of nitrogens with zero attached hydrogens (tertiary/aromatic N) is 7. The number of tetrazole rings is 1. The van der Waals surface area contributed by atoms with E-state index in [0.29, 0.717) is 20.9 Å². The number of alkyl halides is 2. The van der Waals surface area contributed by atoms with E-state index in [2.05, 4.69) is 31.3 Å². The third-order valence-electron chi connectivity index (χ3n) is 5.31. The predicted octanol–water partition coefficient (Wildman–Crippen LogP) is 0.994. The molecule has 3 aromatic heterocycles. The van der Waals surface area contributed by atoms with Gasteiger partial charge < -0.3 is 10.7 Å². The molecule has 0 atom stereocenters. The molecule has 3 heterocycles. The van der Waals surface area contributed by atoms with Crippen molar-refractivity contribution in [2.24, 2.45) is 0 Å². The summed E-state index contributed by atoms with van der Waals surface area (Å²) in [5.41, 5.74) is 1.17. The molecule has 15 heteroatoms. The average Bonchev–Trinajstić information content (AvgIpc) is 3.40. The Labute approximate surface area is 212 Å². The summed E-state index contributed by atoms with van der Waals surface area (Å²) in [5, 5.41) is 14.1. The molecular formula is C22H20ClF2N9O3. The summed E-state index contributed by atoms with van der Waals surface area (Å²) in [6.45, 7) is -0.0561. The zero-order valence-corrected chi connectivity index (χ0v) is 20.1. The number of nitrogens with one attached hydrogen (secondary N) is 2. The molecule has 1 aromatic carbocycles. The average molecular weight is 532 g/mol. The van der Waals surface area contributed by atoms with Gasteiger partial charge in [0.2, 0.25) is 5.91 Å². The van der Waals surface area contributed by atoms with Gasteiger partial charge in [-0.15, -0.1) is 5.10 Å². The molecule has 2 N–H and O–H groups in total. The minimum atomic E-state index is -3.46. The fourth-order valence-electron chi connectivity index (χ4n) is 3.46. The summed E-state index contributed by atoms with van der Waals surface area (Å²) in [6, 6.07) is 10.0. The zero-order chi connectivity index (χ0) is 26.6. The minimum Gasteiger partial charge on any atom is -0.350 e. The number of amides is 1. The van der Waals surface area contributed by atoms with Gasteiger partial charge in [-0.3, -0.25) is 19.1 Å². The Morgan fingerprint density at radius 1 is 1.16 bits per heavy atom. The van der Waals surface area contributed by atoms with Crippen molar-refractivity contribution in [2.75, 3.05) is 12.0 Å². The van der Waals surface area contributed by atoms with E-state index in [0.717, 1.165) is 16.7 Å². The normalized spacial score (nSPS) is 11.4. The predicted molar refractivity (Wildman–Crippen MR) is 128 cm³/mol. The first-order valence-corrected chi connectivity index (χ1v) is 11.2. The van der Waals surface area contributed by atoms with Gasteiger partial charge in [0.15, 0.2) is 0 Å². The molecule has 37 heavy (non-hydrogen) atoms. The SMILES string of the molecule is Cc1cc(=O)n(NCC(F)(F)c2ccccn2)c(=O)n1CC(=O)NCc1cc(Cl)ccc1-n1cnnn1. The number of pyridine rings is 1. The molecule has 0 saturated heterocycles. The maximum atomic E-state index is 14.5. The second-order valence-electron chi connectivity index (χ2n) is 7.89. The van der Waals surface area contributed by atoms with Gasteiger partial charge >= 0.3 is 11.6 Å². The first-order valence-electron chi connectivity index (χ1n) is 10.8. The van der Waals surface area contributed by atoms with Gasteiger partial charge in [0.05, 0.1) is 5.69 Å². The van der Waals surface area contributed by atoms with Crippen molar-refractivity contribution in [3.8, 4) is 5.69 Å². The van der Waals surface area contributed by atoms with E-state index in [-0.39, 0.29) is 12.2 Å². The lowest BCUT2D eigenvalue weighted by Gasteiger charge is -2.19. The fraction of sp³-hybridized carbons (Fsp3) is 0.227. The number of halogens is 3. The largest absolute Gasteiger partial charge is 0.350 e. The summed E-state index contributed by atoms with van der Waals surface area (Å²) in [6.07, 6.45) is 2.59. The van der Waals surface area contributed by atoms with Crippen LogP contribution in [0.2, 0.25) is 5.02 Å². The van der Waals surface area contributed by atoms with E-state index in [1.807, 2.05) is 0 Å². The van der Waals surface area contributed by atoms with Crippen molar-refractivity contribution in [1.82, 2.24) is 39.8 Å². The lowest BCUT2D eigenvalue weighted by Crippen LogP contribution is -2.48. The molecule has 0 aliphatic rings. The second-order valence-corrected chi connectivity index (χ2v) is 8.32. The van der Waals surface area contributed by atoms with E-state index in [1.165, 1.54) is 36.3 Å². The first kappa shape index (κ1) is 25.6. The maximum Gasteiger partial charge on any atom is 0.350 e. The fourth-order valence-corrected chi connectivity index (χ4v) is 3.65. The number of carbonyl (C=O) groups excluding carboxylic acids is 1. The highest BCUT2D eigenvalue weighted by Crippen LogP contribution is 2.24. The Kier molecular flexibility index (Phi) is 7.38. The summed E-state index contributed by atoms with van der Waals surface area (Å²) in [5.74, 6) is -4.04. The number of hydrogen-bond acceptors (Lipinski definition) is 8. The smallest absolute Gasteiger partial charge is 0.350 e. The van der Waals surface area contributed by atoms with Crippen LogP contribution in [-0.2, 0) is 23.8 Å². The topological polar surface area (TPSA) is 142 Å². The Balaban J connectivity index is 1.49. The van der Waals surface area contributed by atoms with Crippen molar-refractivity contribution < 1.29 is 13.6 Å². The van der Waals surface area contributed by atoms with E-state index < -0.39 is 41.9 Å². The van der Waals surface area contributed by atoms with Crippen molar-refractivity contribution in [3.05, 3.63) is 97.8 Å². The van der Waals surface area contributed by atoms with Crippen molar-refractivity contribution in [1.29, 1.82) is 0 Å². The Morgan fingerprint density at radius 2 is 1.97 bits per heavy atom. The molecular weight excluding hydrogens is 512 g/mol. The van der Waals surface area contributed by atoms with Gasteiger partial charge in [0, 0.05) is 29.5 Å². The van der Waals surface area contributed by atoms with Crippen LogP contribution < -0.4 is 22.0 Å². The van der Waals surface area contributed by atoms with Crippen LogP contribution in [0.4, 0.5) is 8.78 Å². The van der Waals surface area contributed by atoms with Crippen molar-refractivity contribution in [2.45, 2.75) is 25.9 Å². The van der Waals surface area contributed by atoms with E-state index in [4.69, 9.17) is 11.6 Å². The number of aryl methyl sites for hydroxylation is 1. The highest BCUT2D eigenvalue weighted by atomic mass is 35.5. The second kappa shape index (κ2) is 10.7. The number of rotatable bonds is 9. The minimum absolute atomic E-state index is 0.0244. The molecule has 0 unspecified atom stereocenters. The lowest BCUT2D eigenvalue weighted by molar-refractivity contribution is -0.121. The number of hydrogen-bond donors (Lipinski definition) is 2. The van der Waals surface area contributed by atoms with E-state index >= 15 is 0 Å². The first-order chi connectivity index (χ1) is 17.7. The van der Waals surface area contributed by atoms with Gasteiger partial charge in [-0.05, 0) is 53.2 Å². The highest BCUT2D eigenvalue weighted by Gasteiger charge is 2.33. The quantitative estimate of drug-likeness (QED) is 0.326. The standard InChI is InChI=1S/C22H20ClF2N9O3/c1-14-8-20(36)34(29-12-22(24,25)18-4-2-3-7-26-18)21(37)32(14)11-19(35)27-10-15-9-16(23)5-6-17(15)33-13-28-30-31-33/h2-9,13,29H,10-12H2,1H3,(H,27,35). The van der Waals surface area contributed by atoms with Crippen molar-refractivity contribution >= 4 is 17.5 Å². The van der Waals surface area contributed by atoms with Crippen LogP contribution >= 0.6 is 11.6 Å². The number of aromatic nitrogens is 7. The van der Waals surface area contributed by atoms with E-state index in [1.54, 1.807) is 18.2 Å². The molecule has 4 rings (SSSR count). The molecule has 0 saturated carbocycles. The van der Waals surface area contributed by atoms with Crippen LogP contribution in [-0.4, -0.2) is 46.9 Å². The van der Waals surface area contributed by atoms with Gasteiger partial charge in [0.25, 0.3) is 5.56 Å². The molecule has 12 nitrogen and oxygen atoms in total. The van der Waals surface area contributed by atoms with Crippen molar-refractivity contribution in [3.63, 3.8) is 0 Å². The molecule has 0 fully saturated rings. The summed E-state index contributed by atoms with van der Waals surface area (Å²) in [7, 11) is 0. The van der Waals surface area contributed by atoms with Gasteiger partial charge in [-0.25, -0.2) is 9.48 Å². The van der Waals surface area contributed by atoms with Crippen LogP contribution in [0, 0.1) is 6.92 Å². The van der Waals surface area contributed by atoms with Crippen LogP contribution in [0.15, 0.2) is 64.6 Å². The van der Waals surface area contributed by atoms with Gasteiger partial charge in [-0.2, -0.15) is 13.5 Å². The maximum absolute atomic E-state index is 14.5. The number of benzene rings is 1. The summed E-state index contributed by atoms with van der Waals surface area (Å²) < 4.78 is 31.8. The highest BCUT2D eigenvalue weighted by molar-refractivity contribution is 6.30. The Hall–Kier alpha value is -4.46. The molecule has 0 spiro atoms. The van der Waals surface area contributed by atoms with Gasteiger partial charge in [-0.1, -0.05) is 17.7 Å². The zero-order valence-electron chi connectivity index (χ0n) is 19.3. The van der Waals surface area contributed by atoms with Crippen LogP contribution in [0.1, 0.15) is 17.0 Å². The molecule has 1 amide bonds. The van der Waals surface area contributed by atoms with Gasteiger partial charge in [0.1, 0.15) is 25.1 Å². The molecule has 192 valence electrons. The third kappa shape index (κ3) is 5.86. The van der Waals surface area contributed by atoms with Crippen LogP contribution in [0.3, 0.4) is 0 Å². The van der Waals surface area contributed by atoms with Crippen LogP contribution in [0.25, 0.3) is 5.69 Å². The Bertz CT molecular complexity index is 1520. The molecule has 4 aromatic rings. The lowest BCUT2D eigenvalue weighted by atomic mass is 10.1. The summed E-state index contributed by atoms with van der Waals surface area (Å²) in [4.78, 5) is 41.5.